The average molecular weight is 418 g/mol. The number of aliphatic carboxylic acids is 1. The highest BCUT2D eigenvalue weighted by Crippen LogP contribution is 2.49. The second-order valence-corrected chi connectivity index (χ2v) is 9.08. The zero-order valence-electron chi connectivity index (χ0n) is 17.2. The topological polar surface area (TPSA) is 52.6 Å². The van der Waals surface area contributed by atoms with E-state index in [-0.39, 0.29) is 6.04 Å². The van der Waals surface area contributed by atoms with Gasteiger partial charge in [-0.1, -0.05) is 26.0 Å². The van der Waals surface area contributed by atoms with Gasteiger partial charge < -0.3 is 15.3 Å². The highest BCUT2D eigenvalue weighted by atomic mass is 19.4. The van der Waals surface area contributed by atoms with E-state index in [1.165, 1.54) is 6.07 Å². The Morgan fingerprint density at radius 3 is 2.47 bits per heavy atom. The molecule has 160 valence electrons. The summed E-state index contributed by atoms with van der Waals surface area (Å²) in [5.41, 5.74) is 1.27. The van der Waals surface area contributed by atoms with Crippen LogP contribution in [0.3, 0.4) is 0 Å². The predicted octanol–water partition coefficient (Wildman–Crippen LogP) is 5.59. The number of anilines is 2. The number of halogens is 3. The Labute approximate surface area is 173 Å². The number of nitrogens with zero attached hydrogens (tertiary/aromatic N) is 1. The van der Waals surface area contributed by atoms with Crippen LogP contribution in [0.5, 0.6) is 0 Å². The van der Waals surface area contributed by atoms with E-state index in [1.54, 1.807) is 6.07 Å². The summed E-state index contributed by atoms with van der Waals surface area (Å²) in [5, 5.41) is 12.6. The lowest BCUT2D eigenvalue weighted by Crippen LogP contribution is -2.38. The van der Waals surface area contributed by atoms with Crippen LogP contribution < -0.4 is 10.2 Å². The van der Waals surface area contributed by atoms with Crippen molar-refractivity contribution >= 4 is 17.3 Å². The van der Waals surface area contributed by atoms with Crippen molar-refractivity contribution in [2.75, 3.05) is 17.3 Å². The summed E-state index contributed by atoms with van der Waals surface area (Å²) in [6.45, 7) is 3.94. The van der Waals surface area contributed by atoms with Crippen LogP contribution in [0.1, 0.15) is 55.8 Å². The van der Waals surface area contributed by atoms with E-state index in [0.717, 1.165) is 23.0 Å². The van der Waals surface area contributed by atoms with Gasteiger partial charge in [-0.3, -0.25) is 0 Å². The van der Waals surface area contributed by atoms with Gasteiger partial charge in [0, 0.05) is 18.4 Å². The van der Waals surface area contributed by atoms with Gasteiger partial charge in [-0.25, -0.2) is 4.79 Å². The Morgan fingerprint density at radius 1 is 1.17 bits per heavy atom. The smallest absolute Gasteiger partial charge is 0.416 e. The van der Waals surface area contributed by atoms with Crippen LogP contribution in [-0.4, -0.2) is 23.7 Å². The number of carboxylic acid groups (broad SMARTS) is 1. The molecule has 0 bridgehead atoms. The van der Waals surface area contributed by atoms with Crippen LogP contribution in [0.2, 0.25) is 0 Å². The third-order valence-corrected chi connectivity index (χ3v) is 6.42. The molecule has 0 radical (unpaired) electrons. The number of carbonyl (C=O) groups is 1. The molecule has 0 aromatic heterocycles. The van der Waals surface area contributed by atoms with Gasteiger partial charge in [0.05, 0.1) is 11.6 Å². The standard InChI is InChI=1S/C23H25F3N2O2/c1-21(2)13-19(28(3)18-8-7-15(12-17(18)21)23(24,25)26)14-5-4-6-16(11-14)27-22(9-10-22)20(29)30/h4-8,11-12,19,27H,9-10,13H2,1-3H3,(H,29,30). The number of benzene rings is 2. The fraction of sp³-hybridized carbons (Fsp3) is 0.435. The number of nitrogens with one attached hydrogen (secondary N) is 1. The Bertz CT molecular complexity index is 996. The molecule has 2 N–H and O–H groups in total. The molecule has 0 spiro atoms. The van der Waals surface area contributed by atoms with E-state index in [4.69, 9.17) is 0 Å². The SMILES string of the molecule is CN1c2ccc(C(F)(F)F)cc2C(C)(C)CC1c1cccc(NC2(C(=O)O)CC2)c1. The Hall–Kier alpha value is -2.70. The molecule has 4 rings (SSSR count). The minimum absolute atomic E-state index is 0.0361. The number of fused-ring (bicyclic) bond motifs is 1. The molecule has 2 aromatic carbocycles. The van der Waals surface area contributed by atoms with Crippen LogP contribution in [0, 0.1) is 0 Å². The van der Waals surface area contributed by atoms with Gasteiger partial charge in [-0.05, 0) is 66.1 Å². The fourth-order valence-electron chi connectivity index (χ4n) is 4.42. The molecular weight excluding hydrogens is 393 g/mol. The predicted molar refractivity (Wildman–Crippen MR) is 110 cm³/mol. The second-order valence-electron chi connectivity index (χ2n) is 9.08. The van der Waals surface area contributed by atoms with Crippen LogP contribution in [0.4, 0.5) is 24.5 Å². The van der Waals surface area contributed by atoms with Crippen molar-refractivity contribution in [2.24, 2.45) is 0 Å². The Kier molecular flexibility index (Phi) is 4.56. The summed E-state index contributed by atoms with van der Waals surface area (Å²) in [6, 6.07) is 11.6. The van der Waals surface area contributed by atoms with Gasteiger partial charge in [0.2, 0.25) is 0 Å². The lowest BCUT2D eigenvalue weighted by Gasteiger charge is -2.45. The van der Waals surface area contributed by atoms with Crippen molar-refractivity contribution in [1.29, 1.82) is 0 Å². The molecule has 4 nitrogen and oxygen atoms in total. The van der Waals surface area contributed by atoms with E-state index in [0.29, 0.717) is 24.8 Å². The fourth-order valence-corrected chi connectivity index (χ4v) is 4.42. The van der Waals surface area contributed by atoms with Gasteiger partial charge in [0.1, 0.15) is 5.54 Å². The molecule has 1 heterocycles. The lowest BCUT2D eigenvalue weighted by molar-refractivity contribution is -0.139. The van der Waals surface area contributed by atoms with Gasteiger partial charge in [0.25, 0.3) is 0 Å². The summed E-state index contributed by atoms with van der Waals surface area (Å²) in [6.07, 6.45) is -2.54. The van der Waals surface area contributed by atoms with E-state index >= 15 is 0 Å². The maximum absolute atomic E-state index is 13.2. The second kappa shape index (κ2) is 6.65. The number of hydrogen-bond donors (Lipinski definition) is 2. The molecule has 0 saturated heterocycles. The molecule has 2 aromatic rings. The normalized spacial score (nSPS) is 21.7. The van der Waals surface area contributed by atoms with Crippen molar-refractivity contribution in [3.63, 3.8) is 0 Å². The maximum atomic E-state index is 13.2. The van der Waals surface area contributed by atoms with Crippen molar-refractivity contribution in [3.05, 3.63) is 59.2 Å². The number of carboxylic acids is 1. The summed E-state index contributed by atoms with van der Waals surface area (Å²) in [7, 11) is 1.89. The molecule has 1 aliphatic heterocycles. The first-order chi connectivity index (χ1) is 13.9. The Morgan fingerprint density at radius 2 is 1.87 bits per heavy atom. The number of rotatable bonds is 4. The maximum Gasteiger partial charge on any atom is 0.416 e. The van der Waals surface area contributed by atoms with Crippen molar-refractivity contribution in [1.82, 2.24) is 0 Å². The number of alkyl halides is 3. The largest absolute Gasteiger partial charge is 0.480 e. The van der Waals surface area contributed by atoms with Crippen LogP contribution in [0.15, 0.2) is 42.5 Å². The lowest BCUT2D eigenvalue weighted by atomic mass is 9.73. The quantitative estimate of drug-likeness (QED) is 0.679. The molecule has 1 atom stereocenters. The van der Waals surface area contributed by atoms with Crippen molar-refractivity contribution in [3.8, 4) is 0 Å². The first-order valence-corrected chi connectivity index (χ1v) is 9.99. The summed E-state index contributed by atoms with van der Waals surface area (Å²) in [5.74, 6) is -0.849. The third kappa shape index (κ3) is 3.50. The molecule has 1 unspecified atom stereocenters. The molecule has 2 aliphatic rings. The molecule has 1 aliphatic carbocycles. The minimum Gasteiger partial charge on any atom is -0.480 e. The van der Waals surface area contributed by atoms with Gasteiger partial charge in [-0.15, -0.1) is 0 Å². The van der Waals surface area contributed by atoms with E-state index in [9.17, 15) is 23.1 Å². The molecular formula is C23H25F3N2O2. The molecule has 30 heavy (non-hydrogen) atoms. The van der Waals surface area contributed by atoms with Crippen LogP contribution in [0.25, 0.3) is 0 Å². The molecule has 7 heteroatoms. The van der Waals surface area contributed by atoms with Crippen LogP contribution in [-0.2, 0) is 16.4 Å². The summed E-state index contributed by atoms with van der Waals surface area (Å²) >= 11 is 0. The van der Waals surface area contributed by atoms with E-state index < -0.39 is 28.7 Å². The number of hydrogen-bond acceptors (Lipinski definition) is 3. The van der Waals surface area contributed by atoms with Gasteiger partial charge in [0.15, 0.2) is 0 Å². The highest BCUT2D eigenvalue weighted by molar-refractivity contribution is 5.86. The van der Waals surface area contributed by atoms with Crippen LogP contribution >= 0.6 is 0 Å². The Balaban J connectivity index is 1.67. The molecule has 0 amide bonds. The monoisotopic (exact) mass is 418 g/mol. The van der Waals surface area contributed by atoms with Crippen molar-refractivity contribution < 1.29 is 23.1 Å². The first kappa shape index (κ1) is 20.6. The third-order valence-electron chi connectivity index (χ3n) is 6.42. The zero-order valence-corrected chi connectivity index (χ0v) is 17.2. The highest BCUT2D eigenvalue weighted by Gasteiger charge is 2.50. The molecule has 1 fully saturated rings. The molecule has 1 saturated carbocycles. The van der Waals surface area contributed by atoms with E-state index in [1.807, 2.05) is 50.1 Å². The first-order valence-electron chi connectivity index (χ1n) is 9.99. The zero-order chi connectivity index (χ0) is 21.9. The van der Waals surface area contributed by atoms with Crippen molar-refractivity contribution in [2.45, 2.75) is 56.3 Å². The summed E-state index contributed by atoms with van der Waals surface area (Å²) < 4.78 is 39.7. The van der Waals surface area contributed by atoms with Gasteiger partial charge >= 0.3 is 12.1 Å². The average Bonchev–Trinajstić information content (AvgIpc) is 3.45. The summed E-state index contributed by atoms with van der Waals surface area (Å²) in [4.78, 5) is 13.5. The van der Waals surface area contributed by atoms with Gasteiger partial charge in [-0.2, -0.15) is 13.2 Å². The van der Waals surface area contributed by atoms with E-state index in [2.05, 4.69) is 5.32 Å². The minimum atomic E-state index is -4.37.